The number of carbonyl (C=O) groups is 1. The van der Waals surface area contributed by atoms with Crippen LogP contribution in [0.2, 0.25) is 0 Å². The summed E-state index contributed by atoms with van der Waals surface area (Å²) in [6, 6.07) is 2.63. The van der Waals surface area contributed by atoms with Crippen molar-refractivity contribution >= 4 is 5.97 Å². The highest BCUT2D eigenvalue weighted by atomic mass is 19.1. The van der Waals surface area contributed by atoms with Crippen LogP contribution in [0.15, 0.2) is 12.1 Å². The van der Waals surface area contributed by atoms with Crippen molar-refractivity contribution in [3.8, 4) is 5.75 Å². The molecule has 86 valence electrons. The lowest BCUT2D eigenvalue weighted by molar-refractivity contribution is -0.150. The molecule has 1 atom stereocenters. The fraction of sp³-hybridized carbons (Fsp3) is 0.364. The quantitative estimate of drug-likeness (QED) is 0.763. The third kappa shape index (κ3) is 1.74. The molecule has 1 aliphatic rings. The van der Waals surface area contributed by atoms with E-state index < -0.39 is 17.9 Å². The standard InChI is InChI=1S/C11H11FO4/c1-15-11(14)10(13)7-4-6-2-3-16-9(6)5-8(7)12/h4-5,10,13H,2-3H2,1H3. The Kier molecular flexibility index (Phi) is 2.78. The topological polar surface area (TPSA) is 55.8 Å². The van der Waals surface area contributed by atoms with E-state index in [0.717, 1.165) is 12.7 Å². The molecule has 0 aliphatic carbocycles. The van der Waals surface area contributed by atoms with E-state index in [9.17, 15) is 14.3 Å². The maximum absolute atomic E-state index is 13.5. The van der Waals surface area contributed by atoms with Gasteiger partial charge in [-0.25, -0.2) is 9.18 Å². The van der Waals surface area contributed by atoms with Crippen LogP contribution in [0.4, 0.5) is 4.39 Å². The van der Waals surface area contributed by atoms with Gasteiger partial charge in [0.25, 0.3) is 0 Å². The van der Waals surface area contributed by atoms with Crippen molar-refractivity contribution in [1.82, 2.24) is 0 Å². The molecule has 4 nitrogen and oxygen atoms in total. The summed E-state index contributed by atoms with van der Waals surface area (Å²) in [6.45, 7) is 0.493. The number of esters is 1. The van der Waals surface area contributed by atoms with Crippen LogP contribution in [0.3, 0.4) is 0 Å². The molecule has 1 N–H and O–H groups in total. The van der Waals surface area contributed by atoms with Crippen molar-refractivity contribution in [3.05, 3.63) is 29.1 Å². The van der Waals surface area contributed by atoms with Crippen LogP contribution in [-0.4, -0.2) is 24.8 Å². The van der Waals surface area contributed by atoms with Gasteiger partial charge in [-0.2, -0.15) is 0 Å². The number of benzene rings is 1. The summed E-state index contributed by atoms with van der Waals surface area (Å²) in [4.78, 5) is 11.1. The minimum absolute atomic E-state index is 0.0731. The van der Waals surface area contributed by atoms with Crippen molar-refractivity contribution in [1.29, 1.82) is 0 Å². The van der Waals surface area contributed by atoms with Gasteiger partial charge >= 0.3 is 5.97 Å². The summed E-state index contributed by atoms with van der Waals surface area (Å²) in [7, 11) is 1.14. The summed E-state index contributed by atoms with van der Waals surface area (Å²) in [6.07, 6.45) is -0.938. The van der Waals surface area contributed by atoms with Crippen LogP contribution in [0.1, 0.15) is 17.2 Å². The van der Waals surface area contributed by atoms with E-state index in [0.29, 0.717) is 18.8 Å². The van der Waals surface area contributed by atoms with Crippen LogP contribution >= 0.6 is 0 Å². The minimum atomic E-state index is -1.59. The molecule has 1 aliphatic heterocycles. The van der Waals surface area contributed by atoms with E-state index in [4.69, 9.17) is 4.74 Å². The van der Waals surface area contributed by atoms with Crippen molar-refractivity contribution in [2.45, 2.75) is 12.5 Å². The molecule has 16 heavy (non-hydrogen) atoms. The molecular weight excluding hydrogens is 215 g/mol. The molecule has 0 saturated carbocycles. The van der Waals surface area contributed by atoms with E-state index in [1.165, 1.54) is 12.1 Å². The molecule has 0 aromatic heterocycles. The summed E-state index contributed by atoms with van der Waals surface area (Å²) in [5.41, 5.74) is 0.718. The molecule has 0 amide bonds. The lowest BCUT2D eigenvalue weighted by atomic mass is 10.0. The summed E-state index contributed by atoms with van der Waals surface area (Å²) in [5.74, 6) is -1.07. The third-order valence-corrected chi connectivity index (χ3v) is 2.53. The van der Waals surface area contributed by atoms with Crippen LogP contribution in [-0.2, 0) is 16.0 Å². The zero-order chi connectivity index (χ0) is 11.7. The number of hydrogen-bond acceptors (Lipinski definition) is 4. The number of hydrogen-bond donors (Lipinski definition) is 1. The van der Waals surface area contributed by atoms with Crippen molar-refractivity contribution in [2.75, 3.05) is 13.7 Å². The van der Waals surface area contributed by atoms with Gasteiger partial charge in [0.2, 0.25) is 0 Å². The summed E-state index contributed by atoms with van der Waals surface area (Å²) in [5, 5.41) is 9.55. The Bertz CT molecular complexity index is 430. The lowest BCUT2D eigenvalue weighted by Crippen LogP contribution is -2.15. The van der Waals surface area contributed by atoms with Crippen molar-refractivity contribution < 1.29 is 23.8 Å². The Balaban J connectivity index is 2.38. The van der Waals surface area contributed by atoms with Gasteiger partial charge in [-0.1, -0.05) is 0 Å². The summed E-state index contributed by atoms with van der Waals surface area (Å²) >= 11 is 0. The van der Waals surface area contributed by atoms with E-state index in [1.807, 2.05) is 0 Å². The molecule has 1 unspecified atom stereocenters. The zero-order valence-corrected chi connectivity index (χ0v) is 8.70. The number of fused-ring (bicyclic) bond motifs is 1. The largest absolute Gasteiger partial charge is 0.493 e. The van der Waals surface area contributed by atoms with Gasteiger partial charge in [-0.3, -0.25) is 0 Å². The molecule has 0 radical (unpaired) electrons. The molecule has 0 fully saturated rings. The Labute approximate surface area is 91.6 Å². The maximum atomic E-state index is 13.5. The minimum Gasteiger partial charge on any atom is -0.493 e. The highest BCUT2D eigenvalue weighted by molar-refractivity contribution is 5.76. The van der Waals surface area contributed by atoms with E-state index >= 15 is 0 Å². The normalized spacial score (nSPS) is 15.2. The number of ether oxygens (including phenoxy) is 2. The number of halogens is 1. The smallest absolute Gasteiger partial charge is 0.339 e. The highest BCUT2D eigenvalue weighted by Crippen LogP contribution is 2.30. The predicted octanol–water partition coefficient (Wildman–Crippen LogP) is 0.967. The van der Waals surface area contributed by atoms with Gasteiger partial charge in [-0.15, -0.1) is 0 Å². The van der Waals surface area contributed by atoms with E-state index in [2.05, 4.69) is 4.74 Å². The second-order valence-electron chi connectivity index (χ2n) is 3.51. The molecule has 2 rings (SSSR count). The van der Waals surface area contributed by atoms with Gasteiger partial charge < -0.3 is 14.6 Å². The van der Waals surface area contributed by atoms with Crippen molar-refractivity contribution in [3.63, 3.8) is 0 Å². The third-order valence-electron chi connectivity index (χ3n) is 2.53. The molecule has 1 aromatic carbocycles. The first-order chi connectivity index (χ1) is 7.63. The number of carbonyl (C=O) groups excluding carboxylic acids is 1. The second-order valence-corrected chi connectivity index (χ2v) is 3.51. The average Bonchev–Trinajstić information content (AvgIpc) is 2.72. The monoisotopic (exact) mass is 226 g/mol. The first kappa shape index (κ1) is 10.9. The zero-order valence-electron chi connectivity index (χ0n) is 8.70. The lowest BCUT2D eigenvalue weighted by Gasteiger charge is -2.11. The molecular formula is C11H11FO4. The molecule has 0 bridgehead atoms. The molecule has 1 heterocycles. The van der Waals surface area contributed by atoms with Crippen LogP contribution in [0, 0.1) is 5.82 Å². The Morgan fingerprint density at radius 2 is 2.38 bits per heavy atom. The number of aliphatic hydroxyl groups is 1. The van der Waals surface area contributed by atoms with Gasteiger partial charge in [0, 0.05) is 18.1 Å². The number of aliphatic hydroxyl groups excluding tert-OH is 1. The fourth-order valence-electron chi connectivity index (χ4n) is 1.67. The van der Waals surface area contributed by atoms with Gasteiger partial charge in [0.1, 0.15) is 11.6 Å². The first-order valence-corrected chi connectivity index (χ1v) is 4.84. The SMILES string of the molecule is COC(=O)C(O)c1cc2c(cc1F)OCC2. The van der Waals surface area contributed by atoms with Crippen molar-refractivity contribution in [2.24, 2.45) is 0 Å². The van der Waals surface area contributed by atoms with E-state index in [1.54, 1.807) is 0 Å². The van der Waals surface area contributed by atoms with Crippen LogP contribution in [0.5, 0.6) is 5.75 Å². The molecule has 0 spiro atoms. The number of rotatable bonds is 2. The fourth-order valence-corrected chi connectivity index (χ4v) is 1.67. The predicted molar refractivity (Wildman–Crippen MR) is 52.6 cm³/mol. The van der Waals surface area contributed by atoms with E-state index in [-0.39, 0.29) is 5.56 Å². The molecule has 1 aromatic rings. The molecule has 0 saturated heterocycles. The van der Waals surface area contributed by atoms with Crippen LogP contribution < -0.4 is 4.74 Å². The maximum Gasteiger partial charge on any atom is 0.339 e. The average molecular weight is 226 g/mol. The van der Waals surface area contributed by atoms with Gasteiger partial charge in [0.15, 0.2) is 6.10 Å². The first-order valence-electron chi connectivity index (χ1n) is 4.84. The van der Waals surface area contributed by atoms with Gasteiger partial charge in [-0.05, 0) is 11.6 Å². The molecule has 5 heteroatoms. The number of methoxy groups -OCH3 is 1. The summed E-state index contributed by atoms with van der Waals surface area (Å²) < 4.78 is 23.1. The second kappa shape index (κ2) is 4.09. The van der Waals surface area contributed by atoms with Crippen LogP contribution in [0.25, 0.3) is 0 Å². The Hall–Kier alpha value is -1.62. The van der Waals surface area contributed by atoms with Gasteiger partial charge in [0.05, 0.1) is 13.7 Å². The Morgan fingerprint density at radius 3 is 3.06 bits per heavy atom. The Morgan fingerprint density at radius 1 is 1.62 bits per heavy atom. The highest BCUT2D eigenvalue weighted by Gasteiger charge is 2.25.